The van der Waals surface area contributed by atoms with Crippen molar-refractivity contribution < 1.29 is 0 Å². The predicted octanol–water partition coefficient (Wildman–Crippen LogP) is 8.43. The third-order valence-corrected chi connectivity index (χ3v) is 5.72. The van der Waals surface area contributed by atoms with Crippen LogP contribution < -0.4 is 6.15 Å². The molecule has 0 fully saturated rings. The van der Waals surface area contributed by atoms with Gasteiger partial charge in [0.15, 0.2) is 0 Å². The van der Waals surface area contributed by atoms with Gasteiger partial charge in [0.2, 0.25) is 0 Å². The molecule has 0 aliphatic carbocycles. The van der Waals surface area contributed by atoms with Gasteiger partial charge < -0.3 is 6.15 Å². The van der Waals surface area contributed by atoms with Gasteiger partial charge >= 0.3 is 0 Å². The number of halogens is 1. The van der Waals surface area contributed by atoms with Gasteiger partial charge in [0.05, 0.1) is 0 Å². The van der Waals surface area contributed by atoms with Crippen molar-refractivity contribution in [3.8, 4) is 0 Å². The second kappa shape index (κ2) is 17.6. The molecule has 0 aliphatic heterocycles. The number of hydrogen-bond donors (Lipinski definition) is 1. The molecule has 0 unspecified atom stereocenters. The zero-order valence-corrected chi connectivity index (χ0v) is 16.7. The monoisotopic (exact) mass is 333 g/mol. The molecule has 0 aromatic heterocycles. The van der Waals surface area contributed by atoms with E-state index in [1.165, 1.54) is 89.9 Å². The molecule has 0 amide bonds. The highest BCUT2D eigenvalue weighted by atomic mass is 35.5. The minimum Gasteiger partial charge on any atom is -0.344 e. The van der Waals surface area contributed by atoms with Crippen molar-refractivity contribution in [1.82, 2.24) is 6.15 Å². The van der Waals surface area contributed by atoms with Gasteiger partial charge in [0.25, 0.3) is 0 Å². The second-order valence-electron chi connectivity index (χ2n) is 6.85. The lowest BCUT2D eigenvalue weighted by atomic mass is 9.94. The molecule has 0 saturated heterocycles. The molecule has 0 bridgehead atoms. The predicted molar refractivity (Wildman–Crippen MR) is 105 cm³/mol. The average Bonchev–Trinajstić information content (AvgIpc) is 2.51. The molecule has 0 radical (unpaired) electrons. The Morgan fingerprint density at radius 2 is 0.864 bits per heavy atom. The van der Waals surface area contributed by atoms with Crippen molar-refractivity contribution in [2.45, 2.75) is 128 Å². The first-order chi connectivity index (χ1) is 10.2. The van der Waals surface area contributed by atoms with Gasteiger partial charge in [-0.1, -0.05) is 104 Å². The van der Waals surface area contributed by atoms with Crippen LogP contribution in [0.15, 0.2) is 0 Å². The third-order valence-electron chi connectivity index (χ3n) is 5.00. The lowest BCUT2D eigenvalue weighted by Gasteiger charge is -2.23. The first kappa shape index (κ1) is 24.5. The first-order valence-corrected chi connectivity index (χ1v) is 10.2. The molecular formula is C20H44ClN. The van der Waals surface area contributed by atoms with Crippen molar-refractivity contribution in [2.75, 3.05) is 0 Å². The summed E-state index contributed by atoms with van der Waals surface area (Å²) in [7, 11) is 0. The maximum Gasteiger partial charge on any atom is 0.0441 e. The zero-order valence-electron chi connectivity index (χ0n) is 15.9. The van der Waals surface area contributed by atoms with Gasteiger partial charge in [-0.2, -0.15) is 0 Å². The SMILES string of the molecule is CCCCCCCCCCCCCCCC(Cl)(CC)CC.N. The Morgan fingerprint density at radius 3 is 1.18 bits per heavy atom. The molecule has 0 atom stereocenters. The van der Waals surface area contributed by atoms with Crippen LogP contribution in [0.25, 0.3) is 0 Å². The van der Waals surface area contributed by atoms with Crippen LogP contribution in [-0.2, 0) is 0 Å². The smallest absolute Gasteiger partial charge is 0.0441 e. The molecule has 0 spiro atoms. The Bertz CT molecular complexity index is 202. The molecule has 2 heteroatoms. The zero-order chi connectivity index (χ0) is 15.8. The van der Waals surface area contributed by atoms with Gasteiger partial charge in [0, 0.05) is 4.87 Å². The summed E-state index contributed by atoms with van der Waals surface area (Å²) >= 11 is 6.55. The highest BCUT2D eigenvalue weighted by Crippen LogP contribution is 2.30. The second-order valence-corrected chi connectivity index (χ2v) is 7.65. The Kier molecular flexibility index (Phi) is 19.6. The molecule has 0 aromatic carbocycles. The summed E-state index contributed by atoms with van der Waals surface area (Å²) in [6.45, 7) is 6.73. The molecule has 0 heterocycles. The van der Waals surface area contributed by atoms with Crippen LogP contribution in [0.2, 0.25) is 0 Å². The van der Waals surface area contributed by atoms with Crippen LogP contribution in [-0.4, -0.2) is 4.87 Å². The van der Waals surface area contributed by atoms with Gasteiger partial charge in [-0.15, -0.1) is 11.6 Å². The Balaban J connectivity index is 0. The van der Waals surface area contributed by atoms with E-state index in [0.29, 0.717) is 0 Å². The topological polar surface area (TPSA) is 35.0 Å². The number of hydrogen-bond acceptors (Lipinski definition) is 1. The van der Waals surface area contributed by atoms with Crippen molar-refractivity contribution in [1.29, 1.82) is 0 Å². The van der Waals surface area contributed by atoms with Crippen LogP contribution in [0, 0.1) is 0 Å². The average molecular weight is 334 g/mol. The molecule has 0 rings (SSSR count). The maximum absolute atomic E-state index is 6.55. The minimum absolute atomic E-state index is 0. The van der Waals surface area contributed by atoms with E-state index in [9.17, 15) is 0 Å². The van der Waals surface area contributed by atoms with Crippen molar-refractivity contribution in [3.63, 3.8) is 0 Å². The van der Waals surface area contributed by atoms with Gasteiger partial charge in [-0.05, 0) is 19.3 Å². The van der Waals surface area contributed by atoms with Gasteiger partial charge in [-0.25, -0.2) is 0 Å². The summed E-state index contributed by atoms with van der Waals surface area (Å²) in [5.41, 5.74) is 0. The first-order valence-electron chi connectivity index (χ1n) is 9.87. The van der Waals surface area contributed by atoms with Crippen LogP contribution >= 0.6 is 11.6 Å². The van der Waals surface area contributed by atoms with Crippen LogP contribution in [0.3, 0.4) is 0 Å². The van der Waals surface area contributed by atoms with Gasteiger partial charge in [-0.3, -0.25) is 0 Å². The summed E-state index contributed by atoms with van der Waals surface area (Å²) in [4.78, 5) is 0.0950. The number of alkyl halides is 1. The van der Waals surface area contributed by atoms with E-state index in [2.05, 4.69) is 20.8 Å². The fraction of sp³-hybridized carbons (Fsp3) is 1.00. The molecular weight excluding hydrogens is 290 g/mol. The standard InChI is InChI=1S/C20H41Cl.H3N/c1-4-7-8-9-10-11-12-13-14-15-16-17-18-19-20(21,5-2)6-3;/h4-19H2,1-3H3;1H3. The minimum atomic E-state index is 0. The molecule has 0 aliphatic rings. The highest BCUT2D eigenvalue weighted by Gasteiger charge is 2.21. The van der Waals surface area contributed by atoms with E-state index in [1.54, 1.807) is 0 Å². The van der Waals surface area contributed by atoms with Crippen molar-refractivity contribution in [3.05, 3.63) is 0 Å². The summed E-state index contributed by atoms with van der Waals surface area (Å²) in [5.74, 6) is 0. The largest absolute Gasteiger partial charge is 0.344 e. The summed E-state index contributed by atoms with van der Waals surface area (Å²) in [5, 5.41) is 0. The molecule has 1 nitrogen and oxygen atoms in total. The summed E-state index contributed by atoms with van der Waals surface area (Å²) < 4.78 is 0. The molecule has 0 saturated carbocycles. The molecule has 136 valence electrons. The highest BCUT2D eigenvalue weighted by molar-refractivity contribution is 6.23. The Morgan fingerprint density at radius 1 is 0.545 bits per heavy atom. The third kappa shape index (κ3) is 15.2. The number of rotatable bonds is 16. The van der Waals surface area contributed by atoms with Crippen LogP contribution in [0.5, 0.6) is 0 Å². The van der Waals surface area contributed by atoms with E-state index in [-0.39, 0.29) is 11.0 Å². The van der Waals surface area contributed by atoms with Crippen molar-refractivity contribution >= 4 is 11.6 Å². The van der Waals surface area contributed by atoms with E-state index in [0.717, 1.165) is 12.8 Å². The maximum atomic E-state index is 6.55. The van der Waals surface area contributed by atoms with E-state index >= 15 is 0 Å². The summed E-state index contributed by atoms with van der Waals surface area (Å²) in [6, 6.07) is 0. The molecule has 3 N–H and O–H groups in total. The lowest BCUT2D eigenvalue weighted by molar-refractivity contribution is 0.458. The normalized spacial score (nSPS) is 11.5. The van der Waals surface area contributed by atoms with E-state index in [4.69, 9.17) is 11.6 Å². The lowest BCUT2D eigenvalue weighted by Crippen LogP contribution is -2.18. The number of unbranched alkanes of at least 4 members (excludes halogenated alkanes) is 12. The molecule has 22 heavy (non-hydrogen) atoms. The Hall–Kier alpha value is 0.250. The van der Waals surface area contributed by atoms with E-state index in [1.807, 2.05) is 0 Å². The van der Waals surface area contributed by atoms with Crippen LogP contribution in [0.4, 0.5) is 0 Å². The fourth-order valence-corrected chi connectivity index (χ4v) is 3.20. The van der Waals surface area contributed by atoms with Gasteiger partial charge in [0.1, 0.15) is 0 Å². The van der Waals surface area contributed by atoms with Crippen LogP contribution in [0.1, 0.15) is 124 Å². The van der Waals surface area contributed by atoms with Crippen molar-refractivity contribution in [2.24, 2.45) is 0 Å². The van der Waals surface area contributed by atoms with E-state index < -0.39 is 0 Å². The fourth-order valence-electron chi connectivity index (χ4n) is 3.06. The summed E-state index contributed by atoms with van der Waals surface area (Å²) in [6.07, 6.45) is 22.0. The quantitative estimate of drug-likeness (QED) is 0.223. The Labute approximate surface area is 146 Å². The molecule has 0 aromatic rings.